The van der Waals surface area contributed by atoms with Gasteiger partial charge in [-0.1, -0.05) is 32.6 Å². The summed E-state index contributed by atoms with van der Waals surface area (Å²) >= 11 is 0. The van der Waals surface area contributed by atoms with Crippen LogP contribution in [0.25, 0.3) is 0 Å². The number of halogens is 4. The number of alkyl halides is 1. The van der Waals surface area contributed by atoms with Crippen LogP contribution in [-0.2, 0) is 0 Å². The molecule has 0 radical (unpaired) electrons. The van der Waals surface area contributed by atoms with E-state index in [4.69, 9.17) is 0 Å². The van der Waals surface area contributed by atoms with E-state index in [0.717, 1.165) is 24.5 Å². The number of hydrogen-bond donors (Lipinski definition) is 0. The molecule has 2 saturated carbocycles. The molecule has 1 aromatic carbocycles. The Hall–Kier alpha value is -1.06. The molecule has 0 saturated heterocycles. The summed E-state index contributed by atoms with van der Waals surface area (Å²) in [5.74, 6) is -2.63. The standard InChI is InChI=1S/C21H28F4/c1-2-3-13-4-6-14(7-5-13)15-8-9-17(18(22)10-15)16-11-19(23)21(25)20(24)12-16/h11-15,17-18H,2-10H2,1H3. The SMILES string of the molecule is CCCC1CCC(C2CCC(c3cc(F)c(F)c(F)c3)C(F)C2)CC1. The summed E-state index contributed by atoms with van der Waals surface area (Å²) in [6.07, 6.45) is 8.27. The van der Waals surface area contributed by atoms with Crippen LogP contribution in [-0.4, -0.2) is 6.17 Å². The molecule has 25 heavy (non-hydrogen) atoms. The van der Waals surface area contributed by atoms with Crippen LogP contribution < -0.4 is 0 Å². The molecule has 0 amide bonds. The van der Waals surface area contributed by atoms with Crippen LogP contribution >= 0.6 is 0 Å². The molecular formula is C21H28F4. The molecule has 2 aliphatic rings. The Morgan fingerprint density at radius 3 is 2.04 bits per heavy atom. The third kappa shape index (κ3) is 4.20. The van der Waals surface area contributed by atoms with Crippen LogP contribution in [0.3, 0.4) is 0 Å². The highest BCUT2D eigenvalue weighted by Gasteiger charge is 2.37. The van der Waals surface area contributed by atoms with Gasteiger partial charge in [-0.3, -0.25) is 0 Å². The van der Waals surface area contributed by atoms with Crippen LogP contribution in [0, 0.1) is 35.2 Å². The van der Waals surface area contributed by atoms with Gasteiger partial charge in [-0.15, -0.1) is 0 Å². The van der Waals surface area contributed by atoms with Crippen LogP contribution in [0.15, 0.2) is 12.1 Å². The maximum Gasteiger partial charge on any atom is 0.194 e. The first-order valence-electron chi connectivity index (χ1n) is 9.78. The van der Waals surface area contributed by atoms with Crippen LogP contribution in [0.5, 0.6) is 0 Å². The van der Waals surface area contributed by atoms with Crippen LogP contribution in [0.4, 0.5) is 17.6 Å². The van der Waals surface area contributed by atoms with Crippen LogP contribution in [0.1, 0.15) is 76.2 Å². The number of rotatable bonds is 4. The van der Waals surface area contributed by atoms with E-state index in [9.17, 15) is 17.6 Å². The van der Waals surface area contributed by atoms with Crippen molar-refractivity contribution in [1.29, 1.82) is 0 Å². The van der Waals surface area contributed by atoms with Crippen LogP contribution in [0.2, 0.25) is 0 Å². The molecule has 2 aliphatic carbocycles. The van der Waals surface area contributed by atoms with Crippen molar-refractivity contribution in [3.05, 3.63) is 35.1 Å². The van der Waals surface area contributed by atoms with Gasteiger partial charge in [0.2, 0.25) is 0 Å². The average molecular weight is 356 g/mol. The molecular weight excluding hydrogens is 328 g/mol. The first kappa shape index (κ1) is 18.7. The van der Waals surface area contributed by atoms with Crippen molar-refractivity contribution in [1.82, 2.24) is 0 Å². The monoisotopic (exact) mass is 356 g/mol. The van der Waals surface area contributed by atoms with Gasteiger partial charge in [0.15, 0.2) is 17.5 Å². The third-order valence-electron chi connectivity index (χ3n) is 6.50. The summed E-state index contributed by atoms with van der Waals surface area (Å²) < 4.78 is 54.8. The fourth-order valence-electron chi connectivity index (χ4n) is 5.10. The Morgan fingerprint density at radius 1 is 0.880 bits per heavy atom. The van der Waals surface area contributed by atoms with Crippen molar-refractivity contribution in [2.75, 3.05) is 0 Å². The smallest absolute Gasteiger partial charge is 0.194 e. The fourth-order valence-corrected chi connectivity index (χ4v) is 5.10. The van der Waals surface area contributed by atoms with Gasteiger partial charge in [-0.05, 0) is 67.6 Å². The van der Waals surface area contributed by atoms with E-state index >= 15 is 0 Å². The molecule has 0 spiro atoms. The lowest BCUT2D eigenvalue weighted by molar-refractivity contribution is 0.101. The zero-order valence-corrected chi connectivity index (χ0v) is 14.9. The fraction of sp³-hybridized carbons (Fsp3) is 0.714. The van der Waals surface area contributed by atoms with Crippen molar-refractivity contribution >= 4 is 0 Å². The summed E-state index contributed by atoms with van der Waals surface area (Å²) in [5.41, 5.74) is 0.258. The Balaban J connectivity index is 1.60. The molecule has 0 heterocycles. The largest absolute Gasteiger partial charge is 0.247 e. The van der Waals surface area contributed by atoms with Crippen molar-refractivity contribution < 1.29 is 17.6 Å². The molecule has 140 valence electrons. The highest BCUT2D eigenvalue weighted by Crippen LogP contribution is 2.45. The minimum atomic E-state index is -1.48. The third-order valence-corrected chi connectivity index (χ3v) is 6.50. The van der Waals surface area contributed by atoms with Gasteiger partial charge < -0.3 is 0 Å². The molecule has 0 nitrogen and oxygen atoms in total. The van der Waals surface area contributed by atoms with E-state index in [1.165, 1.54) is 38.5 Å². The number of benzene rings is 1. The topological polar surface area (TPSA) is 0 Å². The zero-order chi connectivity index (χ0) is 18.0. The highest BCUT2D eigenvalue weighted by atomic mass is 19.2. The van der Waals surface area contributed by atoms with Gasteiger partial charge in [0.25, 0.3) is 0 Å². The quantitative estimate of drug-likeness (QED) is 0.405. The molecule has 0 aromatic heterocycles. The van der Waals surface area contributed by atoms with Gasteiger partial charge in [0.05, 0.1) is 0 Å². The van der Waals surface area contributed by atoms with E-state index < -0.39 is 29.5 Å². The number of hydrogen-bond acceptors (Lipinski definition) is 0. The normalized spacial score (nSPS) is 33.4. The Kier molecular flexibility index (Phi) is 6.06. The molecule has 2 fully saturated rings. The van der Waals surface area contributed by atoms with Crippen molar-refractivity contribution in [3.8, 4) is 0 Å². The van der Waals surface area contributed by atoms with Gasteiger partial charge in [-0.2, -0.15) is 0 Å². The molecule has 4 heteroatoms. The first-order chi connectivity index (χ1) is 12.0. The lowest BCUT2D eigenvalue weighted by Crippen LogP contribution is -2.31. The van der Waals surface area contributed by atoms with E-state index in [2.05, 4.69) is 6.92 Å². The molecule has 1 aromatic rings. The summed E-state index contributed by atoms with van der Waals surface area (Å²) in [6, 6.07) is 1.93. The second-order valence-corrected chi connectivity index (χ2v) is 8.06. The molecule has 0 bridgehead atoms. The highest BCUT2D eigenvalue weighted by molar-refractivity contribution is 5.25. The first-order valence-corrected chi connectivity index (χ1v) is 9.78. The van der Waals surface area contributed by atoms with E-state index in [0.29, 0.717) is 24.7 Å². The lowest BCUT2D eigenvalue weighted by Gasteiger charge is -2.39. The predicted molar refractivity (Wildman–Crippen MR) is 91.7 cm³/mol. The minimum absolute atomic E-state index is 0.258. The maximum absolute atomic E-state index is 14.8. The Morgan fingerprint density at radius 2 is 1.48 bits per heavy atom. The lowest BCUT2D eigenvalue weighted by atomic mass is 9.67. The molecule has 3 rings (SSSR count). The molecule has 3 atom stereocenters. The van der Waals surface area contributed by atoms with Crippen molar-refractivity contribution in [2.45, 2.75) is 76.8 Å². The molecule has 3 unspecified atom stereocenters. The van der Waals surface area contributed by atoms with Gasteiger partial charge >= 0.3 is 0 Å². The molecule has 0 aliphatic heterocycles. The average Bonchev–Trinajstić information content (AvgIpc) is 2.60. The zero-order valence-electron chi connectivity index (χ0n) is 14.9. The minimum Gasteiger partial charge on any atom is -0.247 e. The summed E-state index contributed by atoms with van der Waals surface area (Å²) in [4.78, 5) is 0. The second-order valence-electron chi connectivity index (χ2n) is 8.06. The Bertz CT molecular complexity index is 554. The van der Waals surface area contributed by atoms with Gasteiger partial charge in [0.1, 0.15) is 6.17 Å². The second kappa shape index (κ2) is 8.09. The summed E-state index contributed by atoms with van der Waals surface area (Å²) in [7, 11) is 0. The Labute approximate surface area is 148 Å². The van der Waals surface area contributed by atoms with Gasteiger partial charge in [0, 0.05) is 5.92 Å². The maximum atomic E-state index is 14.8. The van der Waals surface area contributed by atoms with Gasteiger partial charge in [-0.25, -0.2) is 17.6 Å². The van der Waals surface area contributed by atoms with E-state index in [1.54, 1.807) is 0 Å². The molecule has 0 N–H and O–H groups in total. The van der Waals surface area contributed by atoms with E-state index in [-0.39, 0.29) is 5.56 Å². The summed E-state index contributed by atoms with van der Waals surface area (Å²) in [5, 5.41) is 0. The summed E-state index contributed by atoms with van der Waals surface area (Å²) in [6.45, 7) is 2.22. The van der Waals surface area contributed by atoms with Crippen molar-refractivity contribution in [3.63, 3.8) is 0 Å². The van der Waals surface area contributed by atoms with Crippen molar-refractivity contribution in [2.24, 2.45) is 17.8 Å². The predicted octanol–water partition coefficient (Wildman–Crippen LogP) is 6.93. The van der Waals surface area contributed by atoms with E-state index in [1.807, 2.05) is 0 Å².